The Morgan fingerprint density at radius 1 is 1.12 bits per heavy atom. The summed E-state index contributed by atoms with van der Waals surface area (Å²) in [6.45, 7) is 5.31. The lowest BCUT2D eigenvalue weighted by molar-refractivity contribution is 0.0779. The van der Waals surface area contributed by atoms with E-state index < -0.39 is 0 Å². The lowest BCUT2D eigenvalue weighted by Gasteiger charge is -2.18. The summed E-state index contributed by atoms with van der Waals surface area (Å²) in [5, 5.41) is 0. The Bertz CT molecular complexity index is 1220. The molecule has 6 heteroatoms. The molecular weight excluding hydrogens is 400 g/mol. The first-order chi connectivity index (χ1) is 15.7. The largest absolute Gasteiger partial charge is 0.491 e. The topological polar surface area (TPSA) is 60.2 Å². The van der Waals surface area contributed by atoms with Crippen LogP contribution in [0.15, 0.2) is 85.7 Å². The maximum absolute atomic E-state index is 12.8. The molecule has 0 fully saturated rings. The van der Waals surface area contributed by atoms with Gasteiger partial charge in [0.1, 0.15) is 18.2 Å². The van der Waals surface area contributed by atoms with Crippen LogP contribution in [0.3, 0.4) is 0 Å². The molecule has 4 aromatic rings. The Hall–Kier alpha value is -3.93. The van der Waals surface area contributed by atoms with Crippen LogP contribution in [0.25, 0.3) is 11.0 Å². The quantitative estimate of drug-likeness (QED) is 0.370. The summed E-state index contributed by atoms with van der Waals surface area (Å²) in [6, 6.07) is 19.5. The smallest absolute Gasteiger partial charge is 0.255 e. The van der Waals surface area contributed by atoms with Gasteiger partial charge in [0.05, 0.1) is 29.7 Å². The summed E-state index contributed by atoms with van der Waals surface area (Å²) in [7, 11) is 1.78. The molecule has 162 valence electrons. The van der Waals surface area contributed by atoms with Gasteiger partial charge in [-0.15, -0.1) is 6.58 Å². The lowest BCUT2D eigenvalue weighted by Crippen LogP contribution is -2.28. The van der Waals surface area contributed by atoms with Gasteiger partial charge in [-0.25, -0.2) is 4.98 Å². The van der Waals surface area contributed by atoms with Gasteiger partial charge >= 0.3 is 0 Å². The number of ether oxygens (including phenoxy) is 1. The maximum atomic E-state index is 12.8. The highest BCUT2D eigenvalue weighted by atomic mass is 16.5. The van der Waals surface area contributed by atoms with Gasteiger partial charge in [0.15, 0.2) is 0 Å². The van der Waals surface area contributed by atoms with Gasteiger partial charge in [-0.1, -0.05) is 36.4 Å². The number of aromatic nitrogens is 3. The van der Waals surface area contributed by atoms with Gasteiger partial charge in [0.25, 0.3) is 5.91 Å². The van der Waals surface area contributed by atoms with Gasteiger partial charge in [-0.3, -0.25) is 9.78 Å². The Kier molecular flexibility index (Phi) is 6.60. The summed E-state index contributed by atoms with van der Waals surface area (Å²) in [5.41, 5.74) is 3.59. The number of fused-ring (bicyclic) bond motifs is 1. The Balaban J connectivity index is 1.53. The fourth-order valence-electron chi connectivity index (χ4n) is 3.70. The first kappa shape index (κ1) is 21.3. The van der Waals surface area contributed by atoms with Crippen LogP contribution in [-0.2, 0) is 19.5 Å². The van der Waals surface area contributed by atoms with Crippen molar-refractivity contribution in [2.45, 2.75) is 19.5 Å². The van der Waals surface area contributed by atoms with E-state index in [4.69, 9.17) is 9.72 Å². The van der Waals surface area contributed by atoms with Crippen LogP contribution in [0.4, 0.5) is 0 Å². The minimum atomic E-state index is -0.0914. The molecule has 4 rings (SSSR count). The minimum Gasteiger partial charge on any atom is -0.491 e. The minimum absolute atomic E-state index is 0.0914. The van der Waals surface area contributed by atoms with E-state index >= 15 is 0 Å². The van der Waals surface area contributed by atoms with E-state index in [1.54, 1.807) is 36.5 Å². The molecule has 2 aromatic heterocycles. The zero-order chi connectivity index (χ0) is 22.3. The third-order valence-electron chi connectivity index (χ3n) is 5.28. The van der Waals surface area contributed by atoms with Crippen LogP contribution in [0.1, 0.15) is 21.7 Å². The number of amides is 1. The number of imidazole rings is 1. The van der Waals surface area contributed by atoms with Crippen molar-refractivity contribution >= 4 is 16.9 Å². The molecule has 0 radical (unpaired) electrons. The van der Waals surface area contributed by atoms with E-state index in [0.29, 0.717) is 25.3 Å². The maximum Gasteiger partial charge on any atom is 0.255 e. The highest BCUT2D eigenvalue weighted by molar-refractivity contribution is 5.93. The summed E-state index contributed by atoms with van der Waals surface area (Å²) in [4.78, 5) is 23.3. The SMILES string of the molecule is C=CCc1ccccc1OCCn1c(CN(C)C(=O)c2cccnc2)nc2ccccc21. The van der Waals surface area contributed by atoms with Crippen LogP contribution >= 0.6 is 0 Å². The van der Waals surface area contributed by atoms with E-state index in [1.807, 2.05) is 54.6 Å². The summed E-state index contributed by atoms with van der Waals surface area (Å²) in [5.74, 6) is 1.59. The molecule has 1 amide bonds. The number of carbonyl (C=O) groups excluding carboxylic acids is 1. The van der Waals surface area contributed by atoms with E-state index in [0.717, 1.165) is 34.6 Å². The van der Waals surface area contributed by atoms with Gasteiger partial charge in [-0.2, -0.15) is 0 Å². The van der Waals surface area contributed by atoms with Crippen LogP contribution in [0.2, 0.25) is 0 Å². The zero-order valence-electron chi connectivity index (χ0n) is 18.1. The van der Waals surface area contributed by atoms with Crippen molar-refractivity contribution in [3.8, 4) is 5.75 Å². The summed E-state index contributed by atoms with van der Waals surface area (Å²) >= 11 is 0. The van der Waals surface area contributed by atoms with Crippen molar-refractivity contribution < 1.29 is 9.53 Å². The number of hydrogen-bond donors (Lipinski definition) is 0. The number of benzene rings is 2. The van der Waals surface area contributed by atoms with Crippen LogP contribution < -0.4 is 4.74 Å². The van der Waals surface area contributed by atoms with Crippen molar-refractivity contribution in [3.63, 3.8) is 0 Å². The molecule has 0 saturated carbocycles. The molecule has 0 aliphatic rings. The number of carbonyl (C=O) groups is 1. The third-order valence-corrected chi connectivity index (χ3v) is 5.28. The predicted octanol–water partition coefficient (Wildman–Crippen LogP) is 4.51. The fourth-order valence-corrected chi connectivity index (χ4v) is 3.70. The number of para-hydroxylation sites is 3. The highest BCUT2D eigenvalue weighted by Crippen LogP contribution is 2.21. The van der Waals surface area contributed by atoms with Gasteiger partial charge in [0, 0.05) is 19.4 Å². The Morgan fingerprint density at radius 2 is 1.94 bits per heavy atom. The van der Waals surface area contributed by atoms with Crippen LogP contribution in [0.5, 0.6) is 5.75 Å². The molecular formula is C26H26N4O2. The molecule has 6 nitrogen and oxygen atoms in total. The molecule has 32 heavy (non-hydrogen) atoms. The molecule has 2 heterocycles. The molecule has 0 spiro atoms. The predicted molar refractivity (Wildman–Crippen MR) is 126 cm³/mol. The normalized spacial score (nSPS) is 10.8. The number of rotatable bonds is 9. The second-order valence-electron chi connectivity index (χ2n) is 7.52. The molecule has 0 N–H and O–H groups in total. The Labute approximate surface area is 187 Å². The van der Waals surface area contributed by atoms with Gasteiger partial charge < -0.3 is 14.2 Å². The first-order valence-corrected chi connectivity index (χ1v) is 10.6. The molecule has 0 unspecified atom stereocenters. The molecule has 0 bridgehead atoms. The van der Waals surface area contributed by atoms with Crippen molar-refractivity contribution in [2.24, 2.45) is 0 Å². The number of allylic oxidation sites excluding steroid dienone is 1. The lowest BCUT2D eigenvalue weighted by atomic mass is 10.1. The highest BCUT2D eigenvalue weighted by Gasteiger charge is 2.17. The molecule has 0 aliphatic carbocycles. The standard InChI is InChI=1S/C26H26N4O2/c1-3-9-20-10-4-7-14-24(20)32-17-16-30-23-13-6-5-12-22(23)28-25(30)19-29(2)26(31)21-11-8-15-27-18-21/h3-8,10-15,18H,1,9,16-17,19H2,2H3. The van der Waals surface area contributed by atoms with E-state index in [-0.39, 0.29) is 5.91 Å². The van der Waals surface area contributed by atoms with Crippen molar-refractivity contribution in [1.29, 1.82) is 0 Å². The zero-order valence-corrected chi connectivity index (χ0v) is 18.1. The molecule has 0 aliphatic heterocycles. The van der Waals surface area contributed by atoms with E-state index in [2.05, 4.69) is 16.1 Å². The fraction of sp³-hybridized carbons (Fsp3) is 0.192. The third kappa shape index (κ3) is 4.70. The number of nitrogens with zero attached hydrogens (tertiary/aromatic N) is 4. The molecule has 2 aromatic carbocycles. The Morgan fingerprint density at radius 3 is 2.75 bits per heavy atom. The van der Waals surface area contributed by atoms with E-state index in [9.17, 15) is 4.79 Å². The number of hydrogen-bond acceptors (Lipinski definition) is 4. The number of pyridine rings is 1. The molecule has 0 atom stereocenters. The second kappa shape index (κ2) is 9.92. The van der Waals surface area contributed by atoms with Gasteiger partial charge in [0.2, 0.25) is 0 Å². The van der Waals surface area contributed by atoms with Crippen LogP contribution in [0, 0.1) is 0 Å². The average Bonchev–Trinajstić information content (AvgIpc) is 3.17. The van der Waals surface area contributed by atoms with Crippen molar-refractivity contribution in [3.05, 3.63) is 103 Å². The van der Waals surface area contributed by atoms with Gasteiger partial charge in [-0.05, 0) is 42.3 Å². The monoisotopic (exact) mass is 426 g/mol. The second-order valence-corrected chi connectivity index (χ2v) is 7.52. The summed E-state index contributed by atoms with van der Waals surface area (Å²) in [6.07, 6.45) is 5.87. The molecule has 0 saturated heterocycles. The first-order valence-electron chi connectivity index (χ1n) is 10.6. The van der Waals surface area contributed by atoms with Crippen molar-refractivity contribution in [1.82, 2.24) is 19.4 Å². The van der Waals surface area contributed by atoms with Crippen molar-refractivity contribution in [2.75, 3.05) is 13.7 Å². The average molecular weight is 427 g/mol. The van der Waals surface area contributed by atoms with Crippen LogP contribution in [-0.4, -0.2) is 39.0 Å². The summed E-state index contributed by atoms with van der Waals surface area (Å²) < 4.78 is 8.23. The van der Waals surface area contributed by atoms with E-state index in [1.165, 1.54) is 0 Å².